The summed E-state index contributed by atoms with van der Waals surface area (Å²) in [4.78, 5) is 2.19. The van der Waals surface area contributed by atoms with E-state index in [1.807, 2.05) is 0 Å². The molecule has 1 N–H and O–H groups in total. The molecule has 0 aliphatic carbocycles. The van der Waals surface area contributed by atoms with E-state index in [2.05, 4.69) is 65.6 Å². The number of anilines is 2. The molecule has 102 valence electrons. The zero-order valence-corrected chi connectivity index (χ0v) is 12.5. The van der Waals surface area contributed by atoms with Crippen LogP contribution in [0.25, 0.3) is 0 Å². The molecular weight excluding hydrogens is 256 g/mol. The highest BCUT2D eigenvalue weighted by atomic mass is 32.1. The van der Waals surface area contributed by atoms with Crippen molar-refractivity contribution in [1.82, 2.24) is 10.2 Å². The van der Waals surface area contributed by atoms with Crippen LogP contribution in [0.4, 0.5) is 10.8 Å². The zero-order chi connectivity index (χ0) is 13.7. The van der Waals surface area contributed by atoms with Gasteiger partial charge in [-0.3, -0.25) is 0 Å². The molecule has 0 radical (unpaired) electrons. The maximum Gasteiger partial charge on any atom is 0.205 e. The molecule has 0 saturated heterocycles. The van der Waals surface area contributed by atoms with Gasteiger partial charge >= 0.3 is 0 Å². The first-order valence-electron chi connectivity index (χ1n) is 6.59. The first kappa shape index (κ1) is 13.8. The van der Waals surface area contributed by atoms with E-state index in [9.17, 15) is 0 Å². The molecule has 4 nitrogen and oxygen atoms in total. The molecule has 5 heteroatoms. The Balaban J connectivity index is 2.00. The molecule has 0 unspecified atom stereocenters. The van der Waals surface area contributed by atoms with E-state index in [0.717, 1.165) is 29.6 Å². The molecule has 0 saturated carbocycles. The third kappa shape index (κ3) is 3.67. The van der Waals surface area contributed by atoms with Crippen molar-refractivity contribution in [1.29, 1.82) is 0 Å². The highest BCUT2D eigenvalue weighted by Crippen LogP contribution is 2.20. The molecule has 0 aliphatic heterocycles. The van der Waals surface area contributed by atoms with Crippen molar-refractivity contribution < 1.29 is 0 Å². The summed E-state index contributed by atoms with van der Waals surface area (Å²) >= 11 is 1.61. The van der Waals surface area contributed by atoms with Gasteiger partial charge in [-0.25, -0.2) is 0 Å². The number of hydrogen-bond donors (Lipinski definition) is 1. The third-order valence-corrected chi connectivity index (χ3v) is 3.82. The predicted molar refractivity (Wildman–Crippen MR) is 82.0 cm³/mol. The van der Waals surface area contributed by atoms with Crippen molar-refractivity contribution in [3.63, 3.8) is 0 Å². The van der Waals surface area contributed by atoms with Crippen molar-refractivity contribution in [2.45, 2.75) is 26.8 Å². The van der Waals surface area contributed by atoms with Gasteiger partial charge in [0.15, 0.2) is 0 Å². The van der Waals surface area contributed by atoms with Gasteiger partial charge in [-0.05, 0) is 31.0 Å². The highest BCUT2D eigenvalue weighted by Gasteiger charge is 2.07. The highest BCUT2D eigenvalue weighted by molar-refractivity contribution is 7.15. The van der Waals surface area contributed by atoms with E-state index in [-0.39, 0.29) is 0 Å². The number of nitrogens with zero attached hydrogens (tertiary/aromatic N) is 3. The average molecular weight is 276 g/mol. The van der Waals surface area contributed by atoms with Crippen LogP contribution in [0, 0.1) is 0 Å². The summed E-state index contributed by atoms with van der Waals surface area (Å²) < 4.78 is 0. The molecule has 0 fully saturated rings. The van der Waals surface area contributed by atoms with Crippen molar-refractivity contribution in [3.05, 3.63) is 34.8 Å². The fraction of sp³-hybridized carbons (Fsp3) is 0.429. The van der Waals surface area contributed by atoms with Crippen molar-refractivity contribution >= 4 is 22.2 Å². The Morgan fingerprint density at radius 1 is 1.16 bits per heavy atom. The van der Waals surface area contributed by atoms with Crippen LogP contribution in [0.15, 0.2) is 24.3 Å². The third-order valence-electron chi connectivity index (χ3n) is 2.95. The van der Waals surface area contributed by atoms with Gasteiger partial charge in [-0.15, -0.1) is 10.2 Å². The molecular formula is C14H20N4S. The van der Waals surface area contributed by atoms with Crippen LogP contribution in [-0.4, -0.2) is 23.8 Å². The Kier molecular flexibility index (Phi) is 4.74. The molecule has 2 aromatic rings. The molecule has 0 spiro atoms. The number of benzene rings is 1. The SMILES string of the molecule is CCNc1nnc(CN(C)c2ccc(CC)cc2)s1. The normalized spacial score (nSPS) is 10.5. The van der Waals surface area contributed by atoms with E-state index in [4.69, 9.17) is 0 Å². The Morgan fingerprint density at radius 2 is 1.89 bits per heavy atom. The molecule has 2 rings (SSSR count). The van der Waals surface area contributed by atoms with Crippen LogP contribution in [0.1, 0.15) is 24.4 Å². The smallest absolute Gasteiger partial charge is 0.205 e. The molecule has 1 heterocycles. The average Bonchev–Trinajstić information content (AvgIpc) is 2.86. The molecule has 19 heavy (non-hydrogen) atoms. The summed E-state index contributed by atoms with van der Waals surface area (Å²) in [6.07, 6.45) is 1.08. The van der Waals surface area contributed by atoms with Crippen molar-refractivity contribution in [3.8, 4) is 0 Å². The first-order valence-corrected chi connectivity index (χ1v) is 7.41. The van der Waals surface area contributed by atoms with E-state index >= 15 is 0 Å². The van der Waals surface area contributed by atoms with E-state index in [1.165, 1.54) is 11.3 Å². The monoisotopic (exact) mass is 276 g/mol. The Bertz CT molecular complexity index is 506. The van der Waals surface area contributed by atoms with Crippen LogP contribution in [-0.2, 0) is 13.0 Å². The fourth-order valence-corrected chi connectivity index (χ4v) is 2.68. The van der Waals surface area contributed by atoms with Gasteiger partial charge in [0.25, 0.3) is 0 Å². The summed E-state index contributed by atoms with van der Waals surface area (Å²) in [5.41, 5.74) is 2.57. The molecule has 0 amide bonds. The lowest BCUT2D eigenvalue weighted by atomic mass is 10.1. The topological polar surface area (TPSA) is 41.1 Å². The lowest BCUT2D eigenvalue weighted by molar-refractivity contribution is 0.879. The van der Waals surface area contributed by atoms with Crippen LogP contribution < -0.4 is 10.2 Å². The minimum absolute atomic E-state index is 0.786. The van der Waals surface area contributed by atoms with Gasteiger partial charge < -0.3 is 10.2 Å². The van der Waals surface area contributed by atoms with Gasteiger partial charge in [-0.1, -0.05) is 30.4 Å². The van der Waals surface area contributed by atoms with Crippen molar-refractivity contribution in [2.75, 3.05) is 23.8 Å². The Hall–Kier alpha value is -1.62. The van der Waals surface area contributed by atoms with Crippen LogP contribution >= 0.6 is 11.3 Å². The van der Waals surface area contributed by atoms with Crippen LogP contribution in [0.2, 0.25) is 0 Å². The Morgan fingerprint density at radius 3 is 2.53 bits per heavy atom. The lowest BCUT2D eigenvalue weighted by Crippen LogP contribution is -2.16. The van der Waals surface area contributed by atoms with E-state index in [0.29, 0.717) is 0 Å². The number of rotatable bonds is 6. The number of hydrogen-bond acceptors (Lipinski definition) is 5. The summed E-state index contributed by atoms with van der Waals surface area (Å²) in [6, 6.07) is 8.67. The maximum absolute atomic E-state index is 4.20. The standard InChI is InChI=1S/C14H20N4S/c1-4-11-6-8-12(9-7-11)18(3)10-13-16-17-14(19-13)15-5-2/h6-9H,4-5,10H2,1-3H3,(H,15,17). The number of aromatic nitrogens is 2. The largest absolute Gasteiger partial charge is 0.368 e. The minimum atomic E-state index is 0.786. The summed E-state index contributed by atoms with van der Waals surface area (Å²) in [7, 11) is 2.08. The van der Waals surface area contributed by atoms with E-state index in [1.54, 1.807) is 11.3 Å². The lowest BCUT2D eigenvalue weighted by Gasteiger charge is -2.17. The van der Waals surface area contributed by atoms with Crippen LogP contribution in [0.3, 0.4) is 0 Å². The quantitative estimate of drug-likeness (QED) is 0.880. The molecule has 0 atom stereocenters. The fourth-order valence-electron chi connectivity index (χ4n) is 1.82. The number of nitrogens with one attached hydrogen (secondary N) is 1. The van der Waals surface area contributed by atoms with Gasteiger partial charge in [-0.2, -0.15) is 0 Å². The van der Waals surface area contributed by atoms with Gasteiger partial charge in [0.2, 0.25) is 5.13 Å². The summed E-state index contributed by atoms with van der Waals surface area (Å²) in [6.45, 7) is 5.89. The predicted octanol–water partition coefficient (Wildman–Crippen LogP) is 3.17. The van der Waals surface area contributed by atoms with Gasteiger partial charge in [0, 0.05) is 19.3 Å². The number of aryl methyl sites for hydroxylation is 1. The molecule has 0 bridgehead atoms. The molecule has 0 aliphatic rings. The summed E-state index contributed by atoms with van der Waals surface area (Å²) in [5.74, 6) is 0. The second kappa shape index (κ2) is 6.52. The van der Waals surface area contributed by atoms with Gasteiger partial charge in [0.1, 0.15) is 5.01 Å². The van der Waals surface area contributed by atoms with E-state index < -0.39 is 0 Å². The van der Waals surface area contributed by atoms with Crippen LogP contribution in [0.5, 0.6) is 0 Å². The van der Waals surface area contributed by atoms with Gasteiger partial charge in [0.05, 0.1) is 6.54 Å². The summed E-state index contributed by atoms with van der Waals surface area (Å²) in [5, 5.41) is 13.4. The molecule has 1 aromatic heterocycles. The maximum atomic E-state index is 4.20. The zero-order valence-electron chi connectivity index (χ0n) is 11.7. The Labute approximate surface area is 118 Å². The minimum Gasteiger partial charge on any atom is -0.368 e. The molecule has 1 aromatic carbocycles. The second-order valence-corrected chi connectivity index (χ2v) is 5.47. The van der Waals surface area contributed by atoms with Crippen molar-refractivity contribution in [2.24, 2.45) is 0 Å². The second-order valence-electron chi connectivity index (χ2n) is 4.41. The first-order chi connectivity index (χ1) is 9.22.